The summed E-state index contributed by atoms with van der Waals surface area (Å²) in [6.07, 6.45) is 0. The molecule has 0 aliphatic heterocycles. The Hall–Kier alpha value is -8.19. The molecule has 0 saturated heterocycles. The quantitative estimate of drug-likeness (QED) is 0.165. The summed E-state index contributed by atoms with van der Waals surface area (Å²) in [6, 6.07) is 66.3. The van der Waals surface area contributed by atoms with Crippen LogP contribution in [0.5, 0.6) is 0 Å². The Morgan fingerprint density at radius 3 is 1.59 bits per heavy atom. The van der Waals surface area contributed by atoms with Gasteiger partial charge in [0.05, 0.1) is 0 Å². The van der Waals surface area contributed by atoms with Gasteiger partial charge < -0.3 is 8.83 Å². The number of fused-ring (bicyclic) bond motifs is 15. The van der Waals surface area contributed by atoms with Crippen LogP contribution in [0.3, 0.4) is 0 Å². The minimum absolute atomic E-state index is 0.576. The fourth-order valence-corrected chi connectivity index (χ4v) is 10.9. The lowest BCUT2D eigenvalue weighted by molar-refractivity contribution is 0.668. The van der Waals surface area contributed by atoms with Crippen molar-refractivity contribution in [1.29, 1.82) is 0 Å². The number of thiophene rings is 1. The molecule has 0 aliphatic carbocycles. The zero-order valence-electron chi connectivity index (χ0n) is 33.5. The molecule has 292 valence electrons. The highest BCUT2D eigenvalue weighted by Crippen LogP contribution is 2.41. The largest absolute Gasteiger partial charge is 0.456 e. The fraction of sp³-hybridized carbons (Fsp3) is 0. The SMILES string of the molecule is c1ccc2c(c1)oc1cccc(-c3nc(-c4ccc5oc6cc(-c7ccc8sc9ccccc9c8c7)ccc6c5c4)nc(-c4ccc5c6ccccc6c6ccccc6c5c4)n3)c12. The first-order valence-electron chi connectivity index (χ1n) is 21.1. The Morgan fingerprint density at radius 1 is 0.286 bits per heavy atom. The number of furan rings is 2. The minimum atomic E-state index is 0.576. The van der Waals surface area contributed by atoms with Gasteiger partial charge in [-0.15, -0.1) is 11.3 Å². The molecule has 0 spiro atoms. The molecule has 14 aromatic rings. The molecule has 10 aromatic carbocycles. The first-order valence-corrected chi connectivity index (χ1v) is 21.9. The van der Waals surface area contributed by atoms with Crippen LogP contribution in [0.25, 0.3) is 142 Å². The monoisotopic (exact) mass is 821 g/mol. The fourth-order valence-electron chi connectivity index (χ4n) is 9.76. The van der Waals surface area contributed by atoms with Crippen LogP contribution < -0.4 is 0 Å². The van der Waals surface area contributed by atoms with Crippen LogP contribution in [-0.4, -0.2) is 15.0 Å². The Balaban J connectivity index is 0.953. The van der Waals surface area contributed by atoms with Gasteiger partial charge in [-0.1, -0.05) is 121 Å². The maximum Gasteiger partial charge on any atom is 0.164 e. The van der Waals surface area contributed by atoms with Gasteiger partial charge in [0.15, 0.2) is 17.5 Å². The van der Waals surface area contributed by atoms with Crippen molar-refractivity contribution in [2.45, 2.75) is 0 Å². The molecule has 0 aliphatic rings. The predicted molar refractivity (Wildman–Crippen MR) is 262 cm³/mol. The zero-order chi connectivity index (χ0) is 41.2. The number of benzene rings is 10. The van der Waals surface area contributed by atoms with Gasteiger partial charge in [0, 0.05) is 58.4 Å². The van der Waals surface area contributed by atoms with E-state index in [1.54, 1.807) is 0 Å². The van der Waals surface area contributed by atoms with E-state index in [9.17, 15) is 0 Å². The average molecular weight is 822 g/mol. The normalized spacial score (nSPS) is 12.1. The first-order chi connectivity index (χ1) is 31.2. The van der Waals surface area contributed by atoms with Crippen molar-refractivity contribution in [3.63, 3.8) is 0 Å². The summed E-state index contributed by atoms with van der Waals surface area (Å²) >= 11 is 1.83. The van der Waals surface area contributed by atoms with E-state index in [0.29, 0.717) is 17.5 Å². The molecular weight excluding hydrogens is 791 g/mol. The van der Waals surface area contributed by atoms with Crippen molar-refractivity contribution in [2.24, 2.45) is 0 Å². The van der Waals surface area contributed by atoms with Gasteiger partial charge in [-0.2, -0.15) is 0 Å². The summed E-state index contributed by atoms with van der Waals surface area (Å²) in [5.41, 5.74) is 8.19. The molecule has 0 unspecified atom stereocenters. The summed E-state index contributed by atoms with van der Waals surface area (Å²) in [5.74, 6) is 1.75. The lowest BCUT2D eigenvalue weighted by Gasteiger charge is -2.13. The van der Waals surface area contributed by atoms with Crippen molar-refractivity contribution in [3.8, 4) is 45.3 Å². The van der Waals surface area contributed by atoms with E-state index in [1.807, 2.05) is 47.7 Å². The molecule has 4 heterocycles. The van der Waals surface area contributed by atoms with E-state index < -0.39 is 0 Å². The van der Waals surface area contributed by atoms with Gasteiger partial charge in [-0.3, -0.25) is 0 Å². The van der Waals surface area contributed by atoms with Crippen molar-refractivity contribution >= 4 is 108 Å². The molecule has 0 bridgehead atoms. The predicted octanol–water partition coefficient (Wildman–Crippen LogP) is 16.2. The van der Waals surface area contributed by atoms with Crippen LogP contribution in [-0.2, 0) is 0 Å². The smallest absolute Gasteiger partial charge is 0.164 e. The molecule has 0 amide bonds. The number of hydrogen-bond acceptors (Lipinski definition) is 6. The third-order valence-electron chi connectivity index (χ3n) is 12.7. The number of aromatic nitrogens is 3. The second kappa shape index (κ2) is 13.2. The van der Waals surface area contributed by atoms with Gasteiger partial charge in [-0.25, -0.2) is 15.0 Å². The topological polar surface area (TPSA) is 65.0 Å². The van der Waals surface area contributed by atoms with Crippen LogP contribution in [0.15, 0.2) is 197 Å². The lowest BCUT2D eigenvalue weighted by atomic mass is 9.93. The van der Waals surface area contributed by atoms with E-state index in [1.165, 1.54) is 47.1 Å². The highest BCUT2D eigenvalue weighted by Gasteiger charge is 2.20. The van der Waals surface area contributed by atoms with E-state index in [4.69, 9.17) is 23.8 Å². The Bertz CT molecular complexity index is 4200. The summed E-state index contributed by atoms with van der Waals surface area (Å²) in [6.45, 7) is 0. The third-order valence-corrected chi connectivity index (χ3v) is 13.9. The lowest BCUT2D eigenvalue weighted by Crippen LogP contribution is -2.00. The van der Waals surface area contributed by atoms with Gasteiger partial charge in [0.25, 0.3) is 0 Å². The average Bonchev–Trinajstić information content (AvgIpc) is 4.04. The van der Waals surface area contributed by atoms with Gasteiger partial charge in [0.1, 0.15) is 22.3 Å². The van der Waals surface area contributed by atoms with E-state index in [2.05, 4.69) is 152 Å². The summed E-state index contributed by atoms with van der Waals surface area (Å²) in [7, 11) is 0. The number of rotatable bonds is 4. The molecule has 4 aromatic heterocycles. The zero-order valence-corrected chi connectivity index (χ0v) is 34.3. The molecule has 0 atom stereocenters. The van der Waals surface area contributed by atoms with E-state index in [-0.39, 0.29) is 0 Å². The van der Waals surface area contributed by atoms with Crippen LogP contribution in [0.4, 0.5) is 0 Å². The van der Waals surface area contributed by atoms with Crippen LogP contribution in [0, 0.1) is 0 Å². The highest BCUT2D eigenvalue weighted by molar-refractivity contribution is 7.25. The molecule has 5 nitrogen and oxygen atoms in total. The van der Waals surface area contributed by atoms with Gasteiger partial charge >= 0.3 is 0 Å². The first kappa shape index (κ1) is 34.5. The maximum absolute atomic E-state index is 6.56. The number of hydrogen-bond donors (Lipinski definition) is 0. The van der Waals surface area contributed by atoms with Gasteiger partial charge in [-0.05, 0) is 110 Å². The van der Waals surface area contributed by atoms with Crippen molar-refractivity contribution in [2.75, 3.05) is 0 Å². The Morgan fingerprint density at radius 2 is 0.794 bits per heavy atom. The molecule has 0 fully saturated rings. The highest BCUT2D eigenvalue weighted by atomic mass is 32.1. The number of nitrogens with zero attached hydrogens (tertiary/aromatic N) is 3. The number of para-hydroxylation sites is 1. The Kier molecular flexibility index (Phi) is 7.21. The standard InChI is InChI=1S/C57H31N3O2S/c1-2-12-38-36(10-1)37-11-3-4-13-39(37)45-29-34(21-24-40(38)45)55-58-56(60-57(59-55)44-16-9-18-50-54(44)43-15-5-7-17-48(43)61-50)35-22-26-49-46(30-35)41-25-20-33(31-51(41)62-49)32-23-27-53-47(28-32)42-14-6-8-19-52(42)63-53/h1-31H. The molecule has 63 heavy (non-hydrogen) atoms. The molecule has 14 rings (SSSR count). The minimum Gasteiger partial charge on any atom is -0.456 e. The summed E-state index contributed by atoms with van der Waals surface area (Å²) in [5, 5.41) is 13.8. The molecule has 0 saturated carbocycles. The second-order valence-electron chi connectivity index (χ2n) is 16.3. The van der Waals surface area contributed by atoms with Crippen molar-refractivity contribution in [3.05, 3.63) is 188 Å². The van der Waals surface area contributed by atoms with E-state index >= 15 is 0 Å². The third kappa shape index (κ3) is 5.25. The molecule has 6 heteroatoms. The second-order valence-corrected chi connectivity index (χ2v) is 17.4. The van der Waals surface area contributed by atoms with Crippen molar-refractivity contribution < 1.29 is 8.83 Å². The van der Waals surface area contributed by atoms with Crippen molar-refractivity contribution in [1.82, 2.24) is 15.0 Å². The van der Waals surface area contributed by atoms with Crippen LogP contribution in [0.1, 0.15) is 0 Å². The summed E-state index contributed by atoms with van der Waals surface area (Å²) < 4.78 is 15.5. The summed E-state index contributed by atoms with van der Waals surface area (Å²) in [4.78, 5) is 15.8. The molecular formula is C57H31N3O2S. The van der Waals surface area contributed by atoms with Gasteiger partial charge in [0.2, 0.25) is 0 Å². The maximum atomic E-state index is 6.56. The van der Waals surface area contributed by atoms with Crippen LogP contribution in [0.2, 0.25) is 0 Å². The van der Waals surface area contributed by atoms with E-state index in [0.717, 1.165) is 77.1 Å². The molecule has 0 N–H and O–H groups in total. The Labute approximate surface area is 363 Å². The molecule has 0 radical (unpaired) electrons. The van der Waals surface area contributed by atoms with Crippen LogP contribution >= 0.6 is 11.3 Å².